The fourth-order valence-corrected chi connectivity index (χ4v) is 1.74. The Balaban J connectivity index is 1.78. The lowest BCUT2D eigenvalue weighted by atomic mass is 10.1. The molecule has 1 unspecified atom stereocenters. The van der Waals surface area contributed by atoms with Crippen molar-refractivity contribution >= 4 is 11.9 Å². The predicted octanol–water partition coefficient (Wildman–Crippen LogP) is 0.819. The molecule has 1 aromatic heterocycles. The van der Waals surface area contributed by atoms with Crippen LogP contribution in [0.4, 0.5) is 4.79 Å². The number of nitrogens with one attached hydrogen (secondary N) is 3. The second-order valence-electron chi connectivity index (χ2n) is 3.91. The maximum Gasteiger partial charge on any atom is 0.323 e. The van der Waals surface area contributed by atoms with E-state index in [1.54, 1.807) is 6.07 Å². The van der Waals surface area contributed by atoms with Gasteiger partial charge in [-0.15, -0.1) is 0 Å². The van der Waals surface area contributed by atoms with E-state index in [2.05, 4.69) is 16.0 Å². The van der Waals surface area contributed by atoms with Crippen LogP contribution < -0.4 is 16.0 Å². The second-order valence-corrected chi connectivity index (χ2v) is 3.91. The summed E-state index contributed by atoms with van der Waals surface area (Å²) in [6.07, 6.45) is 4.39. The van der Waals surface area contributed by atoms with Gasteiger partial charge in [0.25, 0.3) is 5.91 Å². The van der Waals surface area contributed by atoms with Crippen LogP contribution in [0.2, 0.25) is 0 Å². The molecule has 17 heavy (non-hydrogen) atoms. The monoisotopic (exact) mass is 237 g/mol. The lowest BCUT2D eigenvalue weighted by Crippen LogP contribution is -2.52. The molecule has 6 nitrogen and oxygen atoms in total. The zero-order valence-corrected chi connectivity index (χ0v) is 9.36. The van der Waals surface area contributed by atoms with E-state index in [4.69, 9.17) is 4.42 Å². The van der Waals surface area contributed by atoms with Gasteiger partial charge < -0.3 is 9.73 Å². The molecule has 1 saturated heterocycles. The zero-order valence-electron chi connectivity index (χ0n) is 9.36. The van der Waals surface area contributed by atoms with Crippen molar-refractivity contribution in [3.05, 3.63) is 24.2 Å². The van der Waals surface area contributed by atoms with E-state index < -0.39 is 11.9 Å². The van der Waals surface area contributed by atoms with Crippen LogP contribution in [0.5, 0.6) is 0 Å². The number of carbonyl (C=O) groups is 2. The number of piperidine rings is 1. The molecule has 0 aliphatic carbocycles. The Kier molecular flexibility index (Phi) is 3.77. The lowest BCUT2D eigenvalue weighted by Gasteiger charge is -2.24. The summed E-state index contributed by atoms with van der Waals surface area (Å²) in [5, 5.41) is 8.05. The molecule has 3 N–H and O–H groups in total. The second kappa shape index (κ2) is 5.49. The Morgan fingerprint density at radius 3 is 2.94 bits per heavy atom. The molecule has 1 atom stereocenters. The van der Waals surface area contributed by atoms with Gasteiger partial charge in [-0.3, -0.25) is 15.4 Å². The number of imide groups is 1. The lowest BCUT2D eigenvalue weighted by molar-refractivity contribution is 0.0935. The van der Waals surface area contributed by atoms with Crippen LogP contribution in [0.15, 0.2) is 22.8 Å². The molecule has 6 heteroatoms. The van der Waals surface area contributed by atoms with Crippen LogP contribution in [-0.4, -0.2) is 24.6 Å². The van der Waals surface area contributed by atoms with Gasteiger partial charge in [-0.2, -0.15) is 0 Å². The minimum absolute atomic E-state index is 0.0619. The van der Waals surface area contributed by atoms with Gasteiger partial charge >= 0.3 is 6.03 Å². The van der Waals surface area contributed by atoms with Gasteiger partial charge in [0.05, 0.1) is 12.4 Å². The van der Waals surface area contributed by atoms with Crippen LogP contribution >= 0.6 is 0 Å². The highest BCUT2D eigenvalue weighted by atomic mass is 16.3. The average Bonchev–Trinajstić information content (AvgIpc) is 2.83. The van der Waals surface area contributed by atoms with E-state index in [-0.39, 0.29) is 11.9 Å². The Morgan fingerprint density at radius 2 is 2.29 bits per heavy atom. The van der Waals surface area contributed by atoms with Crippen molar-refractivity contribution in [1.82, 2.24) is 16.0 Å². The molecule has 0 aromatic carbocycles. The summed E-state index contributed by atoms with van der Waals surface area (Å²) in [6, 6.07) is 2.59. The SMILES string of the molecule is O=C(NC(=O)c1ccco1)NC1CCCCN1. The number of furan rings is 1. The Bertz CT molecular complexity index is 383. The van der Waals surface area contributed by atoms with Crippen molar-refractivity contribution in [3.8, 4) is 0 Å². The minimum atomic E-state index is -0.539. The number of urea groups is 1. The maximum absolute atomic E-state index is 11.5. The van der Waals surface area contributed by atoms with E-state index in [0.29, 0.717) is 0 Å². The molecular formula is C11H15N3O3. The summed E-state index contributed by atoms with van der Waals surface area (Å²) >= 11 is 0. The topological polar surface area (TPSA) is 83.4 Å². The largest absolute Gasteiger partial charge is 0.459 e. The average molecular weight is 237 g/mol. The van der Waals surface area contributed by atoms with Gasteiger partial charge in [-0.1, -0.05) is 0 Å². The van der Waals surface area contributed by atoms with E-state index >= 15 is 0 Å². The highest BCUT2D eigenvalue weighted by molar-refractivity contribution is 6.02. The predicted molar refractivity (Wildman–Crippen MR) is 60.3 cm³/mol. The first kappa shape index (κ1) is 11.7. The van der Waals surface area contributed by atoms with Gasteiger partial charge in [-0.05, 0) is 37.9 Å². The molecule has 0 bridgehead atoms. The third kappa shape index (κ3) is 3.32. The molecule has 2 heterocycles. The third-order valence-electron chi connectivity index (χ3n) is 2.59. The van der Waals surface area contributed by atoms with E-state index in [0.717, 1.165) is 25.8 Å². The highest BCUT2D eigenvalue weighted by Gasteiger charge is 2.17. The molecule has 0 radical (unpaired) electrons. The fourth-order valence-electron chi connectivity index (χ4n) is 1.74. The molecular weight excluding hydrogens is 222 g/mol. The molecule has 2 rings (SSSR count). The van der Waals surface area contributed by atoms with Crippen molar-refractivity contribution < 1.29 is 14.0 Å². The van der Waals surface area contributed by atoms with Gasteiger partial charge in [0.1, 0.15) is 0 Å². The summed E-state index contributed by atoms with van der Waals surface area (Å²) < 4.78 is 4.88. The van der Waals surface area contributed by atoms with Gasteiger partial charge in [0.2, 0.25) is 0 Å². The van der Waals surface area contributed by atoms with E-state index in [1.807, 2.05) is 0 Å². The number of hydrogen-bond acceptors (Lipinski definition) is 4. The summed E-state index contributed by atoms with van der Waals surface area (Å²) in [5.74, 6) is -0.417. The number of amides is 3. The van der Waals surface area contributed by atoms with Crippen LogP contribution in [0, 0.1) is 0 Å². The molecule has 92 valence electrons. The minimum Gasteiger partial charge on any atom is -0.459 e. The first-order chi connectivity index (χ1) is 8.25. The highest BCUT2D eigenvalue weighted by Crippen LogP contribution is 2.04. The number of carbonyl (C=O) groups excluding carboxylic acids is 2. The molecule has 1 aliphatic heterocycles. The zero-order chi connectivity index (χ0) is 12.1. The van der Waals surface area contributed by atoms with Crippen molar-refractivity contribution in [2.24, 2.45) is 0 Å². The first-order valence-corrected chi connectivity index (χ1v) is 5.64. The molecule has 1 aromatic rings. The molecule has 0 spiro atoms. The summed E-state index contributed by atoms with van der Waals surface area (Å²) in [5.41, 5.74) is 0. The molecule has 1 fully saturated rings. The summed E-state index contributed by atoms with van der Waals surface area (Å²) in [7, 11) is 0. The van der Waals surface area contributed by atoms with Crippen LogP contribution in [-0.2, 0) is 0 Å². The molecule has 1 aliphatic rings. The van der Waals surface area contributed by atoms with Crippen molar-refractivity contribution in [3.63, 3.8) is 0 Å². The van der Waals surface area contributed by atoms with Crippen LogP contribution in [0.25, 0.3) is 0 Å². The Labute approximate surface area is 98.7 Å². The standard InChI is InChI=1S/C11H15N3O3/c15-10(8-4-3-7-17-8)14-11(16)13-9-5-1-2-6-12-9/h3-4,7,9,12H,1-2,5-6H2,(H2,13,14,15,16). The summed E-state index contributed by atoms with van der Waals surface area (Å²) in [6.45, 7) is 0.886. The molecule has 0 saturated carbocycles. The van der Waals surface area contributed by atoms with Crippen LogP contribution in [0.3, 0.4) is 0 Å². The van der Waals surface area contributed by atoms with Gasteiger partial charge in [-0.25, -0.2) is 4.79 Å². The first-order valence-electron chi connectivity index (χ1n) is 5.64. The quantitative estimate of drug-likeness (QED) is 0.711. The van der Waals surface area contributed by atoms with E-state index in [1.165, 1.54) is 12.3 Å². The van der Waals surface area contributed by atoms with Crippen molar-refractivity contribution in [2.45, 2.75) is 25.4 Å². The Morgan fingerprint density at radius 1 is 1.41 bits per heavy atom. The van der Waals surface area contributed by atoms with Crippen LogP contribution in [0.1, 0.15) is 29.8 Å². The maximum atomic E-state index is 11.5. The fraction of sp³-hybridized carbons (Fsp3) is 0.455. The van der Waals surface area contributed by atoms with Crippen molar-refractivity contribution in [2.75, 3.05) is 6.54 Å². The van der Waals surface area contributed by atoms with Gasteiger partial charge in [0, 0.05) is 0 Å². The summed E-state index contributed by atoms with van der Waals surface area (Å²) in [4.78, 5) is 23.0. The van der Waals surface area contributed by atoms with Crippen molar-refractivity contribution in [1.29, 1.82) is 0 Å². The van der Waals surface area contributed by atoms with Gasteiger partial charge in [0.15, 0.2) is 5.76 Å². The molecule has 3 amide bonds. The number of rotatable bonds is 2. The Hall–Kier alpha value is -1.82. The van der Waals surface area contributed by atoms with E-state index in [9.17, 15) is 9.59 Å². The number of hydrogen-bond donors (Lipinski definition) is 3. The third-order valence-corrected chi connectivity index (χ3v) is 2.59. The smallest absolute Gasteiger partial charge is 0.323 e. The normalized spacial score (nSPS) is 19.6.